The standard InChI is InChI=1S/C18H21NO2/c1-2-21-12-16(20)11-19-15-7-8-18-14(10-15)9-13-5-3-4-6-17(13)18/h3-8,10,16,19-20H,2,9,11-12H2,1H3. The molecule has 2 aromatic carbocycles. The number of hydrogen-bond donors (Lipinski definition) is 2. The lowest BCUT2D eigenvalue weighted by molar-refractivity contribution is 0.0496. The SMILES string of the molecule is CCOCC(O)CNc1ccc2c(c1)Cc1ccccc1-2. The lowest BCUT2D eigenvalue weighted by atomic mass is 10.1. The first-order chi connectivity index (χ1) is 10.3. The van der Waals surface area contributed by atoms with Crippen LogP contribution in [0, 0.1) is 0 Å². The van der Waals surface area contributed by atoms with Crippen LogP contribution in [0.2, 0.25) is 0 Å². The highest BCUT2D eigenvalue weighted by Crippen LogP contribution is 2.37. The van der Waals surface area contributed by atoms with Crippen molar-refractivity contribution in [3.63, 3.8) is 0 Å². The van der Waals surface area contributed by atoms with E-state index in [9.17, 15) is 5.11 Å². The van der Waals surface area contributed by atoms with Crippen LogP contribution in [-0.2, 0) is 11.2 Å². The minimum Gasteiger partial charge on any atom is -0.389 e. The van der Waals surface area contributed by atoms with Crippen LogP contribution in [0.5, 0.6) is 0 Å². The molecule has 3 rings (SSSR count). The first-order valence-corrected chi connectivity index (χ1v) is 7.49. The van der Waals surface area contributed by atoms with Gasteiger partial charge in [0.1, 0.15) is 0 Å². The van der Waals surface area contributed by atoms with E-state index < -0.39 is 6.10 Å². The van der Waals surface area contributed by atoms with Gasteiger partial charge in [-0.1, -0.05) is 30.3 Å². The Hall–Kier alpha value is -1.84. The fourth-order valence-electron chi connectivity index (χ4n) is 2.80. The van der Waals surface area contributed by atoms with E-state index in [-0.39, 0.29) is 0 Å². The Kier molecular flexibility index (Phi) is 4.23. The summed E-state index contributed by atoms with van der Waals surface area (Å²) in [5, 5.41) is 13.1. The van der Waals surface area contributed by atoms with Gasteiger partial charge < -0.3 is 15.2 Å². The van der Waals surface area contributed by atoms with Crippen molar-refractivity contribution in [2.45, 2.75) is 19.4 Å². The van der Waals surface area contributed by atoms with Gasteiger partial charge in [-0.2, -0.15) is 0 Å². The third-order valence-corrected chi connectivity index (χ3v) is 3.85. The van der Waals surface area contributed by atoms with Gasteiger partial charge in [0, 0.05) is 18.8 Å². The Labute approximate surface area is 125 Å². The maximum atomic E-state index is 9.79. The molecule has 0 heterocycles. The van der Waals surface area contributed by atoms with Crippen molar-refractivity contribution in [2.75, 3.05) is 25.1 Å². The van der Waals surface area contributed by atoms with Crippen LogP contribution in [0.3, 0.4) is 0 Å². The van der Waals surface area contributed by atoms with Gasteiger partial charge in [-0.3, -0.25) is 0 Å². The fraction of sp³-hybridized carbons (Fsp3) is 0.333. The van der Waals surface area contributed by atoms with Crippen molar-refractivity contribution in [3.05, 3.63) is 53.6 Å². The van der Waals surface area contributed by atoms with Crippen LogP contribution >= 0.6 is 0 Å². The zero-order valence-electron chi connectivity index (χ0n) is 12.3. The van der Waals surface area contributed by atoms with Crippen molar-refractivity contribution in [1.82, 2.24) is 0 Å². The second-order valence-corrected chi connectivity index (χ2v) is 5.40. The minimum atomic E-state index is -0.476. The minimum absolute atomic E-state index is 0.375. The summed E-state index contributed by atoms with van der Waals surface area (Å²) in [4.78, 5) is 0. The van der Waals surface area contributed by atoms with Crippen molar-refractivity contribution >= 4 is 5.69 Å². The van der Waals surface area contributed by atoms with Crippen molar-refractivity contribution in [2.24, 2.45) is 0 Å². The number of fused-ring (bicyclic) bond motifs is 3. The number of hydrogen-bond acceptors (Lipinski definition) is 3. The van der Waals surface area contributed by atoms with Crippen LogP contribution in [0.15, 0.2) is 42.5 Å². The molecule has 0 fully saturated rings. The molecule has 0 aliphatic heterocycles. The van der Waals surface area contributed by atoms with E-state index >= 15 is 0 Å². The second-order valence-electron chi connectivity index (χ2n) is 5.40. The predicted molar refractivity (Wildman–Crippen MR) is 85.7 cm³/mol. The zero-order chi connectivity index (χ0) is 14.7. The van der Waals surface area contributed by atoms with Gasteiger partial charge in [0.05, 0.1) is 12.7 Å². The predicted octanol–water partition coefficient (Wildman–Crippen LogP) is 3.07. The molecular weight excluding hydrogens is 262 g/mol. The molecule has 0 amide bonds. The molecule has 2 aromatic rings. The maximum absolute atomic E-state index is 9.79. The van der Waals surface area contributed by atoms with E-state index in [1.807, 2.05) is 6.92 Å². The molecule has 1 aliphatic carbocycles. The molecule has 21 heavy (non-hydrogen) atoms. The van der Waals surface area contributed by atoms with E-state index in [2.05, 4.69) is 47.8 Å². The monoisotopic (exact) mass is 283 g/mol. The lowest BCUT2D eigenvalue weighted by Gasteiger charge is -2.13. The van der Waals surface area contributed by atoms with E-state index in [0.717, 1.165) is 12.1 Å². The Bertz CT molecular complexity index is 624. The van der Waals surface area contributed by atoms with Crippen LogP contribution in [-0.4, -0.2) is 31.0 Å². The largest absolute Gasteiger partial charge is 0.389 e. The zero-order valence-corrected chi connectivity index (χ0v) is 12.3. The van der Waals surface area contributed by atoms with Crippen LogP contribution in [0.1, 0.15) is 18.1 Å². The molecular formula is C18H21NO2. The van der Waals surface area contributed by atoms with E-state index in [1.165, 1.54) is 22.3 Å². The Morgan fingerprint density at radius 2 is 1.95 bits per heavy atom. The van der Waals surface area contributed by atoms with Crippen LogP contribution in [0.25, 0.3) is 11.1 Å². The van der Waals surface area contributed by atoms with Gasteiger partial charge in [0.15, 0.2) is 0 Å². The summed E-state index contributed by atoms with van der Waals surface area (Å²) in [6.45, 7) is 3.44. The molecule has 0 aromatic heterocycles. The first kappa shape index (κ1) is 14.1. The summed E-state index contributed by atoms with van der Waals surface area (Å²) in [5.41, 5.74) is 6.46. The average Bonchev–Trinajstić information content (AvgIpc) is 2.88. The Morgan fingerprint density at radius 3 is 2.81 bits per heavy atom. The summed E-state index contributed by atoms with van der Waals surface area (Å²) in [7, 11) is 0. The van der Waals surface area contributed by atoms with E-state index in [4.69, 9.17) is 4.74 Å². The van der Waals surface area contributed by atoms with Gasteiger partial charge in [0.2, 0.25) is 0 Å². The molecule has 0 saturated heterocycles. The lowest BCUT2D eigenvalue weighted by Crippen LogP contribution is -2.24. The highest BCUT2D eigenvalue weighted by Gasteiger charge is 2.17. The smallest absolute Gasteiger partial charge is 0.0945 e. The van der Waals surface area contributed by atoms with E-state index in [1.54, 1.807) is 0 Å². The van der Waals surface area contributed by atoms with Gasteiger partial charge in [0.25, 0.3) is 0 Å². The van der Waals surface area contributed by atoms with Gasteiger partial charge >= 0.3 is 0 Å². The highest BCUT2D eigenvalue weighted by atomic mass is 16.5. The number of aliphatic hydroxyl groups excluding tert-OH is 1. The van der Waals surface area contributed by atoms with Gasteiger partial charge in [-0.15, -0.1) is 0 Å². The molecule has 110 valence electrons. The average molecular weight is 283 g/mol. The van der Waals surface area contributed by atoms with Crippen molar-refractivity contribution in [3.8, 4) is 11.1 Å². The summed E-state index contributed by atoms with van der Waals surface area (Å²) >= 11 is 0. The molecule has 0 saturated carbocycles. The third-order valence-electron chi connectivity index (χ3n) is 3.85. The van der Waals surface area contributed by atoms with E-state index in [0.29, 0.717) is 19.8 Å². The van der Waals surface area contributed by atoms with Crippen LogP contribution < -0.4 is 5.32 Å². The maximum Gasteiger partial charge on any atom is 0.0945 e. The second kappa shape index (κ2) is 6.29. The first-order valence-electron chi connectivity index (χ1n) is 7.49. The number of benzene rings is 2. The molecule has 1 atom stereocenters. The molecule has 1 aliphatic rings. The Morgan fingerprint density at radius 1 is 1.14 bits per heavy atom. The summed E-state index contributed by atoms with van der Waals surface area (Å²) in [6.07, 6.45) is 0.512. The molecule has 2 N–H and O–H groups in total. The summed E-state index contributed by atoms with van der Waals surface area (Å²) < 4.78 is 5.21. The van der Waals surface area contributed by atoms with Gasteiger partial charge in [-0.05, 0) is 47.7 Å². The molecule has 3 nitrogen and oxygen atoms in total. The van der Waals surface area contributed by atoms with Crippen molar-refractivity contribution in [1.29, 1.82) is 0 Å². The van der Waals surface area contributed by atoms with Gasteiger partial charge in [-0.25, -0.2) is 0 Å². The topological polar surface area (TPSA) is 41.5 Å². The number of nitrogens with one attached hydrogen (secondary N) is 1. The van der Waals surface area contributed by atoms with Crippen molar-refractivity contribution < 1.29 is 9.84 Å². The molecule has 1 unspecified atom stereocenters. The third kappa shape index (κ3) is 3.09. The number of rotatable bonds is 6. The number of ether oxygens (including phenoxy) is 1. The normalized spacial score (nSPS) is 13.6. The molecule has 0 radical (unpaired) electrons. The number of anilines is 1. The fourth-order valence-corrected chi connectivity index (χ4v) is 2.80. The summed E-state index contributed by atoms with van der Waals surface area (Å²) in [5.74, 6) is 0. The van der Waals surface area contributed by atoms with Crippen LogP contribution in [0.4, 0.5) is 5.69 Å². The molecule has 0 bridgehead atoms. The number of aliphatic hydroxyl groups is 1. The Balaban J connectivity index is 1.67. The molecule has 3 heteroatoms. The quantitative estimate of drug-likeness (QED) is 0.730. The summed E-state index contributed by atoms with van der Waals surface area (Å²) in [6, 6.07) is 15.0. The highest BCUT2D eigenvalue weighted by molar-refractivity contribution is 5.78. The molecule has 0 spiro atoms.